The van der Waals surface area contributed by atoms with Crippen LogP contribution in [0.4, 0.5) is 14.5 Å². The summed E-state index contributed by atoms with van der Waals surface area (Å²) in [7, 11) is 0. The van der Waals surface area contributed by atoms with Gasteiger partial charge in [0.1, 0.15) is 5.75 Å². The van der Waals surface area contributed by atoms with E-state index in [1.807, 2.05) is 18.2 Å². The number of para-hydroxylation sites is 2. The van der Waals surface area contributed by atoms with Crippen LogP contribution in [0.5, 0.6) is 5.75 Å². The Morgan fingerprint density at radius 1 is 1.00 bits per heavy atom. The topological polar surface area (TPSA) is 21.3 Å². The fourth-order valence-electron chi connectivity index (χ4n) is 2.08. The van der Waals surface area contributed by atoms with E-state index in [0.29, 0.717) is 12.2 Å². The lowest BCUT2D eigenvalue weighted by Gasteiger charge is -2.14. The van der Waals surface area contributed by atoms with E-state index in [9.17, 15) is 8.78 Å². The largest absolute Gasteiger partial charge is 0.433 e. The number of aryl methyl sites for hydroxylation is 1. The van der Waals surface area contributed by atoms with Crippen molar-refractivity contribution in [3.05, 3.63) is 59.7 Å². The maximum Gasteiger partial charge on any atom is 0.387 e. The van der Waals surface area contributed by atoms with E-state index in [4.69, 9.17) is 0 Å². The molecule has 1 N–H and O–H groups in total. The molecule has 0 bridgehead atoms. The Bertz CT molecular complexity index is 558. The molecule has 2 nitrogen and oxygen atoms in total. The molecule has 0 aliphatic rings. The molecule has 0 amide bonds. The van der Waals surface area contributed by atoms with Crippen LogP contribution in [0, 0.1) is 0 Å². The summed E-state index contributed by atoms with van der Waals surface area (Å²) < 4.78 is 29.2. The maximum atomic E-state index is 12.3. The number of hydrogen-bond acceptors (Lipinski definition) is 2. The van der Waals surface area contributed by atoms with Crippen LogP contribution >= 0.6 is 0 Å². The Hall–Kier alpha value is -2.10. The van der Waals surface area contributed by atoms with Crippen molar-refractivity contribution in [2.24, 2.45) is 0 Å². The zero-order chi connectivity index (χ0) is 14.4. The van der Waals surface area contributed by atoms with Gasteiger partial charge in [-0.05, 0) is 29.7 Å². The molecule has 0 radical (unpaired) electrons. The molecule has 2 aromatic rings. The van der Waals surface area contributed by atoms with Crippen molar-refractivity contribution < 1.29 is 13.5 Å². The van der Waals surface area contributed by atoms with Crippen molar-refractivity contribution in [3.8, 4) is 5.75 Å². The van der Waals surface area contributed by atoms with E-state index < -0.39 is 6.61 Å². The molecule has 0 saturated heterocycles. The van der Waals surface area contributed by atoms with Gasteiger partial charge in [0.15, 0.2) is 0 Å². The average molecular weight is 277 g/mol. The number of halogens is 2. The molecule has 106 valence electrons. The Balaban J connectivity index is 2.11. The number of nitrogens with one attached hydrogen (secondary N) is 1. The van der Waals surface area contributed by atoms with E-state index in [-0.39, 0.29) is 5.75 Å². The highest BCUT2D eigenvalue weighted by Gasteiger charge is 2.09. The Morgan fingerprint density at radius 3 is 2.35 bits per heavy atom. The molecule has 20 heavy (non-hydrogen) atoms. The minimum atomic E-state index is -2.82. The van der Waals surface area contributed by atoms with E-state index >= 15 is 0 Å². The van der Waals surface area contributed by atoms with Crippen molar-refractivity contribution in [3.63, 3.8) is 0 Å². The lowest BCUT2D eigenvalue weighted by Crippen LogP contribution is -2.07. The lowest BCUT2D eigenvalue weighted by atomic mass is 10.1. The normalized spacial score (nSPS) is 10.6. The number of anilines is 1. The van der Waals surface area contributed by atoms with Gasteiger partial charge in [0.2, 0.25) is 0 Å². The lowest BCUT2D eigenvalue weighted by molar-refractivity contribution is -0.0493. The predicted molar refractivity (Wildman–Crippen MR) is 76.2 cm³/mol. The number of benzene rings is 2. The first-order chi connectivity index (χ1) is 9.70. The molecule has 0 aliphatic heterocycles. The highest BCUT2D eigenvalue weighted by Crippen LogP contribution is 2.26. The van der Waals surface area contributed by atoms with Crippen LogP contribution in [-0.2, 0) is 13.0 Å². The van der Waals surface area contributed by atoms with E-state index in [2.05, 4.69) is 23.0 Å². The highest BCUT2D eigenvalue weighted by molar-refractivity contribution is 5.56. The number of ether oxygens (including phenoxy) is 1. The van der Waals surface area contributed by atoms with Crippen LogP contribution in [0.3, 0.4) is 0 Å². The summed E-state index contributed by atoms with van der Waals surface area (Å²) in [5.41, 5.74) is 2.97. The Kier molecular flexibility index (Phi) is 4.93. The maximum absolute atomic E-state index is 12.3. The average Bonchev–Trinajstić information content (AvgIpc) is 2.46. The van der Waals surface area contributed by atoms with Crippen LogP contribution < -0.4 is 10.1 Å². The molecule has 0 spiro atoms. The molecule has 0 atom stereocenters. The van der Waals surface area contributed by atoms with Crippen molar-refractivity contribution in [1.29, 1.82) is 0 Å². The summed E-state index contributed by atoms with van der Waals surface area (Å²) >= 11 is 0. The first-order valence-corrected chi connectivity index (χ1v) is 6.55. The fraction of sp³-hybridized carbons (Fsp3) is 0.250. The summed E-state index contributed by atoms with van der Waals surface area (Å²) in [4.78, 5) is 0. The minimum absolute atomic E-state index is 0.163. The summed E-state index contributed by atoms with van der Waals surface area (Å²) in [6.07, 6.45) is 0.938. The van der Waals surface area contributed by atoms with Crippen molar-refractivity contribution in [2.75, 3.05) is 5.32 Å². The number of rotatable bonds is 6. The quantitative estimate of drug-likeness (QED) is 0.841. The summed E-state index contributed by atoms with van der Waals surface area (Å²) in [6, 6.07) is 14.8. The van der Waals surface area contributed by atoms with Crippen molar-refractivity contribution in [2.45, 2.75) is 26.5 Å². The van der Waals surface area contributed by atoms with Gasteiger partial charge in [0, 0.05) is 6.54 Å². The van der Waals surface area contributed by atoms with Crippen LogP contribution in [-0.4, -0.2) is 6.61 Å². The van der Waals surface area contributed by atoms with Gasteiger partial charge in [0.25, 0.3) is 0 Å². The zero-order valence-electron chi connectivity index (χ0n) is 11.3. The van der Waals surface area contributed by atoms with Gasteiger partial charge < -0.3 is 10.1 Å². The summed E-state index contributed by atoms with van der Waals surface area (Å²) in [5, 5.41) is 3.15. The number of hydrogen-bond donors (Lipinski definition) is 1. The minimum Gasteiger partial charge on any atom is -0.433 e. The van der Waals surface area contributed by atoms with Gasteiger partial charge in [-0.25, -0.2) is 0 Å². The van der Waals surface area contributed by atoms with Gasteiger partial charge in [-0.3, -0.25) is 0 Å². The van der Waals surface area contributed by atoms with Gasteiger partial charge in [-0.2, -0.15) is 8.78 Å². The predicted octanol–water partition coefficient (Wildman–Crippen LogP) is 4.46. The molecule has 0 aromatic heterocycles. The van der Waals surface area contributed by atoms with Crippen molar-refractivity contribution >= 4 is 5.69 Å². The second kappa shape index (κ2) is 6.89. The van der Waals surface area contributed by atoms with Crippen LogP contribution in [0.2, 0.25) is 0 Å². The van der Waals surface area contributed by atoms with Gasteiger partial charge in [0.05, 0.1) is 5.69 Å². The SMILES string of the molecule is CCc1ccccc1CNc1ccccc1OC(F)F. The first kappa shape index (κ1) is 14.3. The summed E-state index contributed by atoms with van der Waals surface area (Å²) in [5.74, 6) is 0.163. The Labute approximate surface area is 117 Å². The Morgan fingerprint density at radius 2 is 1.65 bits per heavy atom. The fourth-order valence-corrected chi connectivity index (χ4v) is 2.08. The molecular weight excluding hydrogens is 260 g/mol. The first-order valence-electron chi connectivity index (χ1n) is 6.55. The third-order valence-corrected chi connectivity index (χ3v) is 3.07. The molecule has 0 aliphatic carbocycles. The van der Waals surface area contributed by atoms with Gasteiger partial charge in [-0.1, -0.05) is 43.3 Å². The smallest absolute Gasteiger partial charge is 0.387 e. The third kappa shape index (κ3) is 3.70. The van der Waals surface area contributed by atoms with E-state index in [0.717, 1.165) is 12.0 Å². The highest BCUT2D eigenvalue weighted by atomic mass is 19.3. The number of alkyl halides is 2. The molecule has 2 rings (SSSR count). The van der Waals surface area contributed by atoms with Crippen LogP contribution in [0.1, 0.15) is 18.1 Å². The molecule has 2 aromatic carbocycles. The molecule has 0 fully saturated rings. The molecular formula is C16H17F2NO. The molecule has 0 saturated carbocycles. The molecule has 4 heteroatoms. The standard InChI is InChI=1S/C16H17F2NO/c1-2-12-7-3-4-8-13(12)11-19-14-9-5-6-10-15(14)20-16(17)18/h3-10,16,19H,2,11H2,1H3. The molecule has 0 heterocycles. The van der Waals surface area contributed by atoms with Gasteiger partial charge >= 0.3 is 6.61 Å². The van der Waals surface area contributed by atoms with Crippen LogP contribution in [0.25, 0.3) is 0 Å². The van der Waals surface area contributed by atoms with Crippen LogP contribution in [0.15, 0.2) is 48.5 Å². The van der Waals surface area contributed by atoms with E-state index in [1.54, 1.807) is 18.2 Å². The van der Waals surface area contributed by atoms with Crippen molar-refractivity contribution in [1.82, 2.24) is 0 Å². The second-order valence-electron chi connectivity index (χ2n) is 4.35. The van der Waals surface area contributed by atoms with Gasteiger partial charge in [-0.15, -0.1) is 0 Å². The third-order valence-electron chi connectivity index (χ3n) is 3.07. The summed E-state index contributed by atoms with van der Waals surface area (Å²) in [6.45, 7) is -0.152. The molecule has 0 unspecified atom stereocenters. The monoisotopic (exact) mass is 277 g/mol. The van der Waals surface area contributed by atoms with E-state index in [1.165, 1.54) is 11.6 Å². The second-order valence-corrected chi connectivity index (χ2v) is 4.35. The zero-order valence-corrected chi connectivity index (χ0v) is 11.3.